The smallest absolute Gasteiger partial charge is 0.252 e. The maximum atomic E-state index is 11.9. The second kappa shape index (κ2) is 6.52. The summed E-state index contributed by atoms with van der Waals surface area (Å²) in [4.78, 5) is 18.3. The highest BCUT2D eigenvalue weighted by Crippen LogP contribution is 2.16. The molecule has 1 aromatic heterocycles. The molecule has 2 rings (SSSR count). The number of hydrogen-bond donors (Lipinski definition) is 2. The SMILES string of the molecule is CCN1CCC(CNC(=O)c2ccc(N)nc2)CC1. The number of nitrogens with two attached hydrogens (primary N) is 1. The Morgan fingerprint density at radius 1 is 1.47 bits per heavy atom. The molecule has 0 unspecified atom stereocenters. The Kier molecular flexibility index (Phi) is 4.74. The molecule has 5 nitrogen and oxygen atoms in total. The number of aromatic nitrogens is 1. The Bertz CT molecular complexity index is 410. The summed E-state index contributed by atoms with van der Waals surface area (Å²) in [7, 11) is 0. The molecule has 104 valence electrons. The van der Waals surface area contributed by atoms with Gasteiger partial charge in [0, 0.05) is 12.7 Å². The molecule has 0 aliphatic carbocycles. The van der Waals surface area contributed by atoms with Gasteiger partial charge in [0.2, 0.25) is 0 Å². The van der Waals surface area contributed by atoms with E-state index >= 15 is 0 Å². The average molecular weight is 262 g/mol. The summed E-state index contributed by atoms with van der Waals surface area (Å²) in [5, 5.41) is 2.98. The van der Waals surface area contributed by atoms with Gasteiger partial charge in [-0.15, -0.1) is 0 Å². The van der Waals surface area contributed by atoms with Crippen LogP contribution in [-0.4, -0.2) is 42.0 Å². The number of carbonyl (C=O) groups is 1. The van der Waals surface area contributed by atoms with Gasteiger partial charge in [-0.2, -0.15) is 0 Å². The number of hydrogen-bond acceptors (Lipinski definition) is 4. The van der Waals surface area contributed by atoms with Gasteiger partial charge in [-0.25, -0.2) is 4.98 Å². The molecule has 1 aliphatic rings. The lowest BCUT2D eigenvalue weighted by Gasteiger charge is -2.31. The van der Waals surface area contributed by atoms with E-state index < -0.39 is 0 Å². The minimum absolute atomic E-state index is 0.0644. The number of nitrogens with zero attached hydrogens (tertiary/aromatic N) is 2. The van der Waals surface area contributed by atoms with Crippen molar-refractivity contribution in [3.63, 3.8) is 0 Å². The third-order valence-corrected chi connectivity index (χ3v) is 3.75. The first-order valence-electron chi connectivity index (χ1n) is 6.91. The molecule has 0 aromatic carbocycles. The highest BCUT2D eigenvalue weighted by atomic mass is 16.1. The van der Waals surface area contributed by atoms with Gasteiger partial charge in [0.25, 0.3) is 5.91 Å². The van der Waals surface area contributed by atoms with E-state index in [0.29, 0.717) is 17.3 Å². The van der Waals surface area contributed by atoms with Crippen molar-refractivity contribution in [2.45, 2.75) is 19.8 Å². The lowest BCUT2D eigenvalue weighted by molar-refractivity contribution is 0.0936. The fourth-order valence-electron chi connectivity index (χ4n) is 2.39. The molecule has 0 radical (unpaired) electrons. The normalized spacial score (nSPS) is 17.3. The fourth-order valence-corrected chi connectivity index (χ4v) is 2.39. The predicted octanol–water partition coefficient (Wildman–Crippen LogP) is 1.13. The topological polar surface area (TPSA) is 71.2 Å². The second-order valence-electron chi connectivity index (χ2n) is 5.06. The van der Waals surface area contributed by atoms with Gasteiger partial charge in [-0.3, -0.25) is 4.79 Å². The van der Waals surface area contributed by atoms with Crippen molar-refractivity contribution in [1.29, 1.82) is 0 Å². The van der Waals surface area contributed by atoms with Gasteiger partial charge in [-0.05, 0) is 50.5 Å². The zero-order valence-corrected chi connectivity index (χ0v) is 11.4. The van der Waals surface area contributed by atoms with Gasteiger partial charge >= 0.3 is 0 Å². The minimum Gasteiger partial charge on any atom is -0.384 e. The number of likely N-dealkylation sites (tertiary alicyclic amines) is 1. The van der Waals surface area contributed by atoms with Gasteiger partial charge in [0.15, 0.2) is 0 Å². The van der Waals surface area contributed by atoms with Gasteiger partial charge < -0.3 is 16.0 Å². The third kappa shape index (κ3) is 3.92. The predicted molar refractivity (Wildman–Crippen MR) is 75.8 cm³/mol. The van der Waals surface area contributed by atoms with Crippen LogP contribution in [0.3, 0.4) is 0 Å². The summed E-state index contributed by atoms with van der Waals surface area (Å²) in [6.45, 7) is 6.34. The van der Waals surface area contributed by atoms with Gasteiger partial charge in [0.1, 0.15) is 5.82 Å². The number of rotatable bonds is 4. The molecule has 0 atom stereocenters. The maximum absolute atomic E-state index is 11.9. The van der Waals surface area contributed by atoms with E-state index in [9.17, 15) is 4.79 Å². The largest absolute Gasteiger partial charge is 0.384 e. The number of anilines is 1. The summed E-state index contributed by atoms with van der Waals surface area (Å²) in [5.74, 6) is 0.961. The van der Waals surface area contributed by atoms with Gasteiger partial charge in [0.05, 0.1) is 5.56 Å². The Morgan fingerprint density at radius 3 is 2.79 bits per heavy atom. The van der Waals surface area contributed by atoms with E-state index in [0.717, 1.165) is 39.0 Å². The van der Waals surface area contributed by atoms with E-state index in [1.54, 1.807) is 12.1 Å². The lowest BCUT2D eigenvalue weighted by atomic mass is 9.97. The van der Waals surface area contributed by atoms with Crippen LogP contribution < -0.4 is 11.1 Å². The maximum Gasteiger partial charge on any atom is 0.252 e. The zero-order valence-electron chi connectivity index (χ0n) is 11.4. The first-order chi connectivity index (χ1) is 9.19. The minimum atomic E-state index is -0.0644. The number of nitrogens with one attached hydrogen (secondary N) is 1. The first kappa shape index (κ1) is 13.8. The van der Waals surface area contributed by atoms with E-state index in [1.807, 2.05) is 0 Å². The Balaban J connectivity index is 1.76. The standard InChI is InChI=1S/C14H22N4O/c1-2-18-7-5-11(6-8-18)9-17-14(19)12-3-4-13(15)16-10-12/h3-4,10-11H,2,5-9H2,1H3,(H2,15,16)(H,17,19). The summed E-state index contributed by atoms with van der Waals surface area (Å²) in [5.41, 5.74) is 6.07. The van der Waals surface area contributed by atoms with E-state index in [-0.39, 0.29) is 5.91 Å². The molecule has 1 fully saturated rings. The molecule has 3 N–H and O–H groups in total. The number of amides is 1. The van der Waals surface area contributed by atoms with Crippen LogP contribution in [-0.2, 0) is 0 Å². The molecule has 1 saturated heterocycles. The highest BCUT2D eigenvalue weighted by molar-refractivity contribution is 5.93. The quantitative estimate of drug-likeness (QED) is 0.853. The number of pyridine rings is 1. The van der Waals surface area contributed by atoms with Crippen molar-refractivity contribution < 1.29 is 4.79 Å². The first-order valence-corrected chi connectivity index (χ1v) is 6.91. The van der Waals surface area contributed by atoms with Crippen molar-refractivity contribution in [1.82, 2.24) is 15.2 Å². The van der Waals surface area contributed by atoms with Crippen molar-refractivity contribution in [3.8, 4) is 0 Å². The second-order valence-corrected chi connectivity index (χ2v) is 5.06. The molecule has 19 heavy (non-hydrogen) atoms. The van der Waals surface area contributed by atoms with Crippen LogP contribution in [0, 0.1) is 5.92 Å². The summed E-state index contributed by atoms with van der Waals surface area (Å²) in [6, 6.07) is 3.35. The van der Waals surface area contributed by atoms with Crippen LogP contribution in [0.25, 0.3) is 0 Å². The van der Waals surface area contributed by atoms with Crippen LogP contribution in [0.5, 0.6) is 0 Å². The molecule has 0 spiro atoms. The average Bonchev–Trinajstić information content (AvgIpc) is 2.46. The Morgan fingerprint density at radius 2 is 2.21 bits per heavy atom. The molecule has 5 heteroatoms. The zero-order chi connectivity index (χ0) is 13.7. The van der Waals surface area contributed by atoms with Crippen LogP contribution >= 0.6 is 0 Å². The third-order valence-electron chi connectivity index (χ3n) is 3.75. The van der Waals surface area contributed by atoms with E-state index in [2.05, 4.69) is 22.1 Å². The van der Waals surface area contributed by atoms with Crippen LogP contribution in [0.15, 0.2) is 18.3 Å². The van der Waals surface area contributed by atoms with Crippen molar-refractivity contribution in [2.75, 3.05) is 31.9 Å². The van der Waals surface area contributed by atoms with E-state index in [1.165, 1.54) is 6.20 Å². The number of carbonyl (C=O) groups excluding carboxylic acids is 1. The van der Waals surface area contributed by atoms with Crippen molar-refractivity contribution in [2.24, 2.45) is 5.92 Å². The molecular weight excluding hydrogens is 240 g/mol. The van der Waals surface area contributed by atoms with Crippen LogP contribution in [0.1, 0.15) is 30.1 Å². The summed E-state index contributed by atoms with van der Waals surface area (Å²) < 4.78 is 0. The fraction of sp³-hybridized carbons (Fsp3) is 0.571. The van der Waals surface area contributed by atoms with Crippen molar-refractivity contribution >= 4 is 11.7 Å². The lowest BCUT2D eigenvalue weighted by Crippen LogP contribution is -2.38. The molecule has 1 amide bonds. The molecule has 1 aromatic rings. The highest BCUT2D eigenvalue weighted by Gasteiger charge is 2.18. The van der Waals surface area contributed by atoms with Crippen molar-refractivity contribution in [3.05, 3.63) is 23.9 Å². The number of nitrogen functional groups attached to an aromatic ring is 1. The monoisotopic (exact) mass is 262 g/mol. The van der Waals surface area contributed by atoms with Crippen LogP contribution in [0.4, 0.5) is 5.82 Å². The van der Waals surface area contributed by atoms with E-state index in [4.69, 9.17) is 5.73 Å². The molecular formula is C14H22N4O. The molecule has 1 aliphatic heterocycles. The molecule has 0 saturated carbocycles. The molecule has 0 bridgehead atoms. The van der Waals surface area contributed by atoms with Crippen LogP contribution in [0.2, 0.25) is 0 Å². The summed E-state index contributed by atoms with van der Waals surface area (Å²) in [6.07, 6.45) is 3.84. The molecule has 2 heterocycles. The Labute approximate surface area is 114 Å². The summed E-state index contributed by atoms with van der Waals surface area (Å²) >= 11 is 0. The Hall–Kier alpha value is -1.62. The number of piperidine rings is 1. The van der Waals surface area contributed by atoms with Gasteiger partial charge in [-0.1, -0.05) is 6.92 Å².